The van der Waals surface area contributed by atoms with E-state index in [1.54, 1.807) is 23.9 Å². The Kier molecular flexibility index (Phi) is 6.70. The van der Waals surface area contributed by atoms with Crippen LogP contribution in [0.1, 0.15) is 48.8 Å². The molecule has 1 heterocycles. The largest absolute Gasteiger partial charge is 0.438 e. The molecule has 1 amide bonds. The van der Waals surface area contributed by atoms with E-state index in [-0.39, 0.29) is 23.4 Å². The Bertz CT molecular complexity index is 836. The minimum Gasteiger partial charge on any atom is -0.438 e. The summed E-state index contributed by atoms with van der Waals surface area (Å²) in [6.07, 6.45) is 8.37. The molecule has 1 aliphatic rings. The topological polar surface area (TPSA) is 84.3 Å². The molecule has 1 unspecified atom stereocenters. The second kappa shape index (κ2) is 9.21. The molecule has 148 valence electrons. The summed E-state index contributed by atoms with van der Waals surface area (Å²) in [5.74, 6) is 0.696. The highest BCUT2D eigenvalue weighted by molar-refractivity contribution is 8.01. The number of aliphatic hydroxyl groups is 1. The Morgan fingerprint density at radius 2 is 2.04 bits per heavy atom. The number of nitrogens with one attached hydrogen (secondary N) is 1. The van der Waals surface area contributed by atoms with E-state index in [0.717, 1.165) is 12.8 Å². The normalized spacial score (nSPS) is 16.8. The first kappa shape index (κ1) is 20.4. The van der Waals surface area contributed by atoms with Crippen LogP contribution < -0.4 is 10.1 Å². The van der Waals surface area contributed by atoms with Gasteiger partial charge in [0.25, 0.3) is 5.91 Å². The van der Waals surface area contributed by atoms with Gasteiger partial charge in [0.1, 0.15) is 16.9 Å². The van der Waals surface area contributed by atoms with Crippen LogP contribution in [0, 0.1) is 0 Å². The summed E-state index contributed by atoms with van der Waals surface area (Å²) in [5.41, 5.74) is -0.823. The van der Waals surface area contributed by atoms with Gasteiger partial charge in [-0.1, -0.05) is 24.3 Å². The number of hydrogen-bond donors (Lipinski definition) is 2. The number of para-hydroxylation sites is 1. The zero-order valence-corrected chi connectivity index (χ0v) is 16.9. The van der Waals surface area contributed by atoms with Crippen LogP contribution in [0.25, 0.3) is 0 Å². The van der Waals surface area contributed by atoms with E-state index >= 15 is 0 Å². The van der Waals surface area contributed by atoms with Gasteiger partial charge in [-0.2, -0.15) is 4.98 Å². The van der Waals surface area contributed by atoms with Crippen LogP contribution in [0.4, 0.5) is 0 Å². The van der Waals surface area contributed by atoms with Gasteiger partial charge in [0.2, 0.25) is 5.88 Å². The highest BCUT2D eigenvalue weighted by atomic mass is 32.2. The second-order valence-electron chi connectivity index (χ2n) is 6.89. The van der Waals surface area contributed by atoms with Gasteiger partial charge in [0, 0.05) is 12.2 Å². The fraction of sp³-hybridized carbons (Fsp3) is 0.381. The molecule has 0 aliphatic heterocycles. The van der Waals surface area contributed by atoms with Gasteiger partial charge in [-0.05, 0) is 56.4 Å². The standard InChI is InChI=1S/C21H25N3O3S/c1-15(10-13-28-2)23-18(25)17-14-22-20(21(26)11-6-7-12-21)24-19(17)27-16-8-4-3-5-9-16/h3-5,8-10,13-15,26H,6-7,11-12H2,1-2H3,(H,23,25)/b13-10+. The van der Waals surface area contributed by atoms with Crippen molar-refractivity contribution in [2.45, 2.75) is 44.2 Å². The van der Waals surface area contributed by atoms with Crippen LogP contribution in [-0.2, 0) is 5.60 Å². The molecule has 2 aromatic rings. The van der Waals surface area contributed by atoms with Gasteiger partial charge in [0.15, 0.2) is 5.82 Å². The van der Waals surface area contributed by atoms with E-state index < -0.39 is 5.60 Å². The molecule has 7 heteroatoms. The van der Waals surface area contributed by atoms with Crippen molar-refractivity contribution in [3.8, 4) is 11.6 Å². The van der Waals surface area contributed by atoms with Crippen molar-refractivity contribution in [1.29, 1.82) is 0 Å². The predicted molar refractivity (Wildman–Crippen MR) is 110 cm³/mol. The zero-order chi connectivity index (χ0) is 20.0. The molecule has 3 rings (SSSR count). The molecule has 0 saturated heterocycles. The molecule has 28 heavy (non-hydrogen) atoms. The van der Waals surface area contributed by atoms with Crippen LogP contribution in [0.15, 0.2) is 48.0 Å². The summed E-state index contributed by atoms with van der Waals surface area (Å²) in [6, 6.07) is 9.00. The number of ether oxygens (including phenoxy) is 1. The predicted octanol–water partition coefficient (Wildman–Crippen LogP) is 4.03. The fourth-order valence-electron chi connectivity index (χ4n) is 3.14. The molecular weight excluding hydrogens is 374 g/mol. The van der Waals surface area contributed by atoms with Crippen molar-refractivity contribution >= 4 is 17.7 Å². The number of thioether (sulfide) groups is 1. The van der Waals surface area contributed by atoms with Crippen LogP contribution in [0.5, 0.6) is 11.6 Å². The monoisotopic (exact) mass is 399 g/mol. The van der Waals surface area contributed by atoms with Gasteiger partial charge in [-0.25, -0.2) is 4.98 Å². The van der Waals surface area contributed by atoms with Crippen molar-refractivity contribution in [1.82, 2.24) is 15.3 Å². The third-order valence-corrected chi connectivity index (χ3v) is 5.09. The molecule has 0 bridgehead atoms. The quantitative estimate of drug-likeness (QED) is 0.731. The molecule has 1 saturated carbocycles. The molecule has 1 aromatic carbocycles. The van der Waals surface area contributed by atoms with Crippen molar-refractivity contribution in [2.75, 3.05) is 6.26 Å². The van der Waals surface area contributed by atoms with Gasteiger partial charge >= 0.3 is 0 Å². The van der Waals surface area contributed by atoms with Crippen molar-refractivity contribution in [2.24, 2.45) is 0 Å². The van der Waals surface area contributed by atoms with Gasteiger partial charge < -0.3 is 15.2 Å². The van der Waals surface area contributed by atoms with Crippen LogP contribution in [0.3, 0.4) is 0 Å². The van der Waals surface area contributed by atoms with E-state index in [0.29, 0.717) is 24.4 Å². The minimum atomic E-state index is -1.06. The number of hydrogen-bond acceptors (Lipinski definition) is 6. The highest BCUT2D eigenvalue weighted by Gasteiger charge is 2.37. The van der Waals surface area contributed by atoms with Gasteiger partial charge in [0.05, 0.1) is 0 Å². The maximum Gasteiger partial charge on any atom is 0.258 e. The average molecular weight is 400 g/mol. The first-order valence-electron chi connectivity index (χ1n) is 9.35. The minimum absolute atomic E-state index is 0.148. The molecule has 0 spiro atoms. The summed E-state index contributed by atoms with van der Waals surface area (Å²) in [7, 11) is 0. The number of nitrogens with zero attached hydrogens (tertiary/aromatic N) is 2. The van der Waals surface area contributed by atoms with E-state index in [1.165, 1.54) is 6.20 Å². The molecule has 1 aromatic heterocycles. The van der Waals surface area contributed by atoms with E-state index in [1.807, 2.05) is 42.9 Å². The number of carbonyl (C=O) groups is 1. The first-order chi connectivity index (χ1) is 13.5. The summed E-state index contributed by atoms with van der Waals surface area (Å²) in [4.78, 5) is 21.5. The molecule has 6 nitrogen and oxygen atoms in total. The zero-order valence-electron chi connectivity index (χ0n) is 16.1. The third-order valence-electron chi connectivity index (χ3n) is 4.67. The Labute approximate surface area is 169 Å². The van der Waals surface area contributed by atoms with E-state index in [9.17, 15) is 9.90 Å². The van der Waals surface area contributed by atoms with Gasteiger partial charge in [-0.3, -0.25) is 4.79 Å². The lowest BCUT2D eigenvalue weighted by molar-refractivity contribution is 0.0344. The first-order valence-corrected chi connectivity index (χ1v) is 10.6. The van der Waals surface area contributed by atoms with Crippen molar-refractivity contribution in [3.63, 3.8) is 0 Å². The van der Waals surface area contributed by atoms with Gasteiger partial charge in [-0.15, -0.1) is 11.8 Å². The van der Waals surface area contributed by atoms with E-state index in [2.05, 4.69) is 15.3 Å². The lowest BCUT2D eigenvalue weighted by atomic mass is 10.0. The fourth-order valence-corrected chi connectivity index (χ4v) is 3.53. The number of carbonyl (C=O) groups excluding carboxylic acids is 1. The molecule has 2 N–H and O–H groups in total. The number of rotatable bonds is 7. The smallest absolute Gasteiger partial charge is 0.258 e. The van der Waals surface area contributed by atoms with Crippen LogP contribution in [0.2, 0.25) is 0 Å². The average Bonchev–Trinajstić information content (AvgIpc) is 3.15. The Morgan fingerprint density at radius 3 is 2.71 bits per heavy atom. The number of aromatic nitrogens is 2. The molecule has 1 atom stereocenters. The van der Waals surface area contributed by atoms with Crippen molar-refractivity contribution in [3.05, 3.63) is 59.4 Å². The highest BCUT2D eigenvalue weighted by Crippen LogP contribution is 2.37. The summed E-state index contributed by atoms with van der Waals surface area (Å²) < 4.78 is 5.89. The Morgan fingerprint density at radius 1 is 1.32 bits per heavy atom. The lowest BCUT2D eigenvalue weighted by Gasteiger charge is -2.21. The third kappa shape index (κ3) is 4.91. The summed E-state index contributed by atoms with van der Waals surface area (Å²) in [5, 5.41) is 15.6. The second-order valence-corrected chi connectivity index (χ2v) is 7.64. The van der Waals surface area contributed by atoms with Crippen LogP contribution in [-0.4, -0.2) is 33.3 Å². The number of amides is 1. The lowest BCUT2D eigenvalue weighted by Crippen LogP contribution is -2.32. The SMILES string of the molecule is CS/C=C/C(C)NC(=O)c1cnc(C2(O)CCCC2)nc1Oc1ccccc1. The molecule has 0 radical (unpaired) electrons. The molecular formula is C21H25N3O3S. The Balaban J connectivity index is 1.91. The molecule has 1 aliphatic carbocycles. The summed E-state index contributed by atoms with van der Waals surface area (Å²) >= 11 is 1.56. The summed E-state index contributed by atoms with van der Waals surface area (Å²) in [6.45, 7) is 1.89. The number of benzene rings is 1. The van der Waals surface area contributed by atoms with Crippen LogP contribution >= 0.6 is 11.8 Å². The van der Waals surface area contributed by atoms with E-state index in [4.69, 9.17) is 4.74 Å². The Hall–Kier alpha value is -2.38. The van der Waals surface area contributed by atoms with Crippen molar-refractivity contribution < 1.29 is 14.6 Å². The maximum atomic E-state index is 12.8. The maximum absolute atomic E-state index is 12.8. The molecule has 1 fully saturated rings.